The molecular weight excluding hydrogens is 248 g/mol. The van der Waals surface area contributed by atoms with Crippen molar-refractivity contribution >= 4 is 18.3 Å². The summed E-state index contributed by atoms with van der Waals surface area (Å²) < 4.78 is 0. The van der Waals surface area contributed by atoms with Crippen LogP contribution in [0.3, 0.4) is 0 Å². The summed E-state index contributed by atoms with van der Waals surface area (Å²) in [6.45, 7) is 2.31. The van der Waals surface area contributed by atoms with Crippen molar-refractivity contribution in [1.29, 1.82) is 0 Å². The van der Waals surface area contributed by atoms with Gasteiger partial charge in [-0.2, -0.15) is 0 Å². The van der Waals surface area contributed by atoms with E-state index >= 15 is 0 Å². The van der Waals surface area contributed by atoms with E-state index in [0.717, 1.165) is 25.2 Å². The molecule has 2 unspecified atom stereocenters. The van der Waals surface area contributed by atoms with Gasteiger partial charge in [0, 0.05) is 25.0 Å². The van der Waals surface area contributed by atoms with Gasteiger partial charge in [-0.3, -0.25) is 4.79 Å². The second-order valence-corrected chi connectivity index (χ2v) is 6.13. The molecule has 3 nitrogen and oxygen atoms in total. The minimum Gasteiger partial charge on any atom is -0.343 e. The average molecular weight is 275 g/mol. The van der Waals surface area contributed by atoms with Crippen molar-refractivity contribution < 1.29 is 4.79 Å². The predicted octanol–water partition coefficient (Wildman–Crippen LogP) is 2.57. The summed E-state index contributed by atoms with van der Waals surface area (Å²) in [5.41, 5.74) is 5.89. The second-order valence-electron chi connectivity index (χ2n) is 6.13. The number of nitrogens with zero attached hydrogens (tertiary/aromatic N) is 1. The van der Waals surface area contributed by atoms with Crippen molar-refractivity contribution in [1.82, 2.24) is 4.90 Å². The first-order chi connectivity index (χ1) is 8.08. The Morgan fingerprint density at radius 3 is 2.22 bits per heavy atom. The number of nitrogens with two attached hydrogens (primary N) is 1. The molecule has 2 aliphatic rings. The Kier molecular flexibility index (Phi) is 5.93. The van der Waals surface area contributed by atoms with Crippen LogP contribution in [0, 0.1) is 11.8 Å². The van der Waals surface area contributed by atoms with Crippen LogP contribution in [0.1, 0.15) is 51.9 Å². The van der Waals surface area contributed by atoms with Crippen LogP contribution >= 0.6 is 12.4 Å². The van der Waals surface area contributed by atoms with Crippen LogP contribution < -0.4 is 5.73 Å². The summed E-state index contributed by atoms with van der Waals surface area (Å²) in [7, 11) is 1.99. The third-order valence-electron chi connectivity index (χ3n) is 4.70. The van der Waals surface area contributed by atoms with Crippen LogP contribution in [-0.4, -0.2) is 29.9 Å². The van der Waals surface area contributed by atoms with Crippen molar-refractivity contribution in [2.45, 2.75) is 64.0 Å². The number of carbonyl (C=O) groups is 1. The quantitative estimate of drug-likeness (QED) is 0.841. The standard InChI is InChI=1S/C14H26N2O.ClH/c1-10-3-7-13(8-4-10)16(2)14(17)11-5-6-12(15)9-11;/h10-13H,3-9,15H2,1-2H3;1H. The molecule has 2 aliphatic carbocycles. The van der Waals surface area contributed by atoms with E-state index in [2.05, 4.69) is 6.92 Å². The Morgan fingerprint density at radius 1 is 1.11 bits per heavy atom. The van der Waals surface area contributed by atoms with Gasteiger partial charge < -0.3 is 10.6 Å². The van der Waals surface area contributed by atoms with Gasteiger partial charge >= 0.3 is 0 Å². The molecule has 0 saturated heterocycles. The maximum atomic E-state index is 12.3. The Hall–Kier alpha value is -0.280. The number of hydrogen-bond donors (Lipinski definition) is 1. The van der Waals surface area contributed by atoms with E-state index in [-0.39, 0.29) is 24.4 Å². The van der Waals surface area contributed by atoms with Crippen molar-refractivity contribution in [3.05, 3.63) is 0 Å². The number of halogens is 1. The van der Waals surface area contributed by atoms with E-state index in [0.29, 0.717) is 11.9 Å². The second kappa shape index (κ2) is 6.76. The molecule has 0 heterocycles. The van der Waals surface area contributed by atoms with E-state index in [1.165, 1.54) is 25.7 Å². The van der Waals surface area contributed by atoms with Crippen LogP contribution in [0.2, 0.25) is 0 Å². The van der Waals surface area contributed by atoms with E-state index in [1.54, 1.807) is 0 Å². The molecule has 0 aliphatic heterocycles. The highest BCUT2D eigenvalue weighted by atomic mass is 35.5. The number of hydrogen-bond acceptors (Lipinski definition) is 2. The van der Waals surface area contributed by atoms with Crippen molar-refractivity contribution in [3.63, 3.8) is 0 Å². The highest BCUT2D eigenvalue weighted by molar-refractivity contribution is 5.85. The SMILES string of the molecule is CC1CCC(N(C)C(=O)C2CCC(N)C2)CC1.Cl. The Bertz CT molecular complexity index is 277. The van der Waals surface area contributed by atoms with Crippen molar-refractivity contribution in [2.24, 2.45) is 17.6 Å². The van der Waals surface area contributed by atoms with Gasteiger partial charge in [0.1, 0.15) is 0 Å². The summed E-state index contributed by atoms with van der Waals surface area (Å²) in [5, 5.41) is 0. The maximum absolute atomic E-state index is 12.3. The van der Waals surface area contributed by atoms with Crippen LogP contribution in [0.25, 0.3) is 0 Å². The average Bonchev–Trinajstić information content (AvgIpc) is 2.75. The van der Waals surface area contributed by atoms with E-state index in [4.69, 9.17) is 5.73 Å². The van der Waals surface area contributed by atoms with Crippen molar-refractivity contribution in [2.75, 3.05) is 7.05 Å². The molecule has 2 N–H and O–H groups in total. The van der Waals surface area contributed by atoms with Crippen LogP contribution in [0.5, 0.6) is 0 Å². The number of rotatable bonds is 2. The molecule has 0 bridgehead atoms. The van der Waals surface area contributed by atoms with Crippen molar-refractivity contribution in [3.8, 4) is 0 Å². The zero-order chi connectivity index (χ0) is 12.4. The molecule has 0 spiro atoms. The lowest BCUT2D eigenvalue weighted by Gasteiger charge is -2.35. The fraction of sp³-hybridized carbons (Fsp3) is 0.929. The zero-order valence-electron chi connectivity index (χ0n) is 11.6. The molecule has 0 aromatic rings. The first-order valence-electron chi connectivity index (χ1n) is 7.10. The first kappa shape index (κ1) is 15.8. The smallest absolute Gasteiger partial charge is 0.225 e. The monoisotopic (exact) mass is 274 g/mol. The van der Waals surface area contributed by atoms with Gasteiger partial charge in [-0.25, -0.2) is 0 Å². The molecule has 106 valence electrons. The summed E-state index contributed by atoms with van der Waals surface area (Å²) in [6.07, 6.45) is 7.81. The molecule has 0 radical (unpaired) electrons. The third-order valence-corrected chi connectivity index (χ3v) is 4.70. The molecule has 4 heteroatoms. The molecular formula is C14H27ClN2O. The first-order valence-corrected chi connectivity index (χ1v) is 7.10. The van der Waals surface area contributed by atoms with Gasteiger partial charge in [0.05, 0.1) is 0 Å². The number of amides is 1. The van der Waals surface area contributed by atoms with Crippen LogP contribution in [0.4, 0.5) is 0 Å². The fourth-order valence-corrected chi connectivity index (χ4v) is 3.34. The third kappa shape index (κ3) is 3.61. The number of carbonyl (C=O) groups excluding carboxylic acids is 1. The zero-order valence-corrected chi connectivity index (χ0v) is 12.4. The Labute approximate surface area is 117 Å². The molecule has 1 amide bonds. The molecule has 2 fully saturated rings. The predicted molar refractivity (Wildman–Crippen MR) is 76.8 cm³/mol. The van der Waals surface area contributed by atoms with E-state index < -0.39 is 0 Å². The highest BCUT2D eigenvalue weighted by Crippen LogP contribution is 2.30. The lowest BCUT2D eigenvalue weighted by Crippen LogP contribution is -2.42. The summed E-state index contributed by atoms with van der Waals surface area (Å²) in [4.78, 5) is 14.4. The van der Waals surface area contributed by atoms with Gasteiger partial charge in [0.25, 0.3) is 0 Å². The molecule has 2 rings (SSSR count). The summed E-state index contributed by atoms with van der Waals surface area (Å²) in [6, 6.07) is 0.735. The molecule has 0 aromatic heterocycles. The van der Waals surface area contributed by atoms with E-state index in [1.807, 2.05) is 11.9 Å². The molecule has 2 saturated carbocycles. The van der Waals surface area contributed by atoms with Gasteiger partial charge in [0.15, 0.2) is 0 Å². The molecule has 2 atom stereocenters. The normalized spacial score (nSPS) is 35.9. The lowest BCUT2D eigenvalue weighted by molar-refractivity contribution is -0.136. The minimum atomic E-state index is 0. The van der Waals surface area contributed by atoms with Crippen LogP contribution in [0.15, 0.2) is 0 Å². The minimum absolute atomic E-state index is 0. The largest absolute Gasteiger partial charge is 0.343 e. The highest BCUT2D eigenvalue weighted by Gasteiger charge is 2.33. The summed E-state index contributed by atoms with van der Waals surface area (Å²) >= 11 is 0. The van der Waals surface area contributed by atoms with E-state index in [9.17, 15) is 4.79 Å². The van der Waals surface area contributed by atoms with Gasteiger partial charge in [-0.05, 0) is 50.9 Å². The lowest BCUT2D eigenvalue weighted by atomic mass is 9.86. The topological polar surface area (TPSA) is 46.3 Å². The fourth-order valence-electron chi connectivity index (χ4n) is 3.34. The van der Waals surface area contributed by atoms with Gasteiger partial charge in [-0.15, -0.1) is 12.4 Å². The molecule has 0 aromatic carbocycles. The molecule has 18 heavy (non-hydrogen) atoms. The Morgan fingerprint density at radius 2 is 1.72 bits per heavy atom. The van der Waals surface area contributed by atoms with Gasteiger partial charge in [-0.1, -0.05) is 6.92 Å². The van der Waals surface area contributed by atoms with Crippen LogP contribution in [-0.2, 0) is 4.79 Å². The maximum Gasteiger partial charge on any atom is 0.225 e. The Balaban J connectivity index is 0.00000162. The van der Waals surface area contributed by atoms with Gasteiger partial charge in [0.2, 0.25) is 5.91 Å². The summed E-state index contributed by atoms with van der Waals surface area (Å²) in [5.74, 6) is 1.39.